The molecule has 3 rings (SSSR count). The van der Waals surface area contributed by atoms with Crippen molar-refractivity contribution in [3.8, 4) is 0 Å². The predicted octanol–water partition coefficient (Wildman–Crippen LogP) is 2.01. The molecule has 1 aliphatic rings. The number of amides is 1. The maximum Gasteiger partial charge on any atom is 0.243 e. The number of rotatable bonds is 9. The second kappa shape index (κ2) is 11.0. The lowest BCUT2D eigenvalue weighted by Gasteiger charge is -2.35. The molecule has 1 heterocycles. The first-order valence-electron chi connectivity index (χ1n) is 10.9. The van der Waals surface area contributed by atoms with E-state index >= 15 is 0 Å². The number of aryl methyl sites for hydroxylation is 1. The minimum absolute atomic E-state index is 0.0283. The first kappa shape index (κ1) is 25.0. The molecule has 178 valence electrons. The van der Waals surface area contributed by atoms with Crippen LogP contribution in [0.4, 0.5) is 0 Å². The van der Waals surface area contributed by atoms with Crippen LogP contribution in [0, 0.1) is 6.92 Å². The number of ketones is 1. The molecule has 2 aromatic rings. The van der Waals surface area contributed by atoms with Crippen LogP contribution in [0.5, 0.6) is 0 Å². The Hall–Kier alpha value is -2.59. The molecule has 1 unspecified atom stereocenters. The van der Waals surface area contributed by atoms with E-state index in [0.717, 1.165) is 28.5 Å². The summed E-state index contributed by atoms with van der Waals surface area (Å²) in [6.07, 6.45) is 0. The third-order valence-electron chi connectivity index (χ3n) is 5.78. The zero-order valence-electron chi connectivity index (χ0n) is 19.3. The van der Waals surface area contributed by atoms with Crippen molar-refractivity contribution in [1.82, 2.24) is 14.5 Å². The Bertz CT molecular complexity index is 1060. The van der Waals surface area contributed by atoms with E-state index in [1.54, 1.807) is 0 Å². The van der Waals surface area contributed by atoms with Crippen LogP contribution in [0.3, 0.4) is 0 Å². The van der Waals surface area contributed by atoms with Crippen molar-refractivity contribution in [2.24, 2.45) is 0 Å². The molecular weight excluding hydrogens is 442 g/mol. The minimum atomic E-state index is -3.86. The number of sulfonamides is 1. The van der Waals surface area contributed by atoms with Crippen molar-refractivity contribution in [2.75, 3.05) is 46.4 Å². The number of hydrogen-bond acceptors (Lipinski definition) is 6. The van der Waals surface area contributed by atoms with Gasteiger partial charge in [-0.2, -0.15) is 4.31 Å². The summed E-state index contributed by atoms with van der Waals surface area (Å²) in [5, 5.41) is 2.90. The number of Topliss-reactive ketones (excluding diaryl/α,β-unsaturated/α-hetero) is 1. The van der Waals surface area contributed by atoms with Gasteiger partial charge in [-0.05, 0) is 31.5 Å². The van der Waals surface area contributed by atoms with Gasteiger partial charge in [0.05, 0.1) is 30.7 Å². The van der Waals surface area contributed by atoms with E-state index in [-0.39, 0.29) is 29.2 Å². The van der Waals surface area contributed by atoms with Crippen LogP contribution >= 0.6 is 0 Å². The average molecular weight is 474 g/mol. The predicted molar refractivity (Wildman–Crippen MR) is 126 cm³/mol. The van der Waals surface area contributed by atoms with E-state index in [1.165, 1.54) is 38.2 Å². The molecule has 0 bridgehead atoms. The number of carbonyl (C=O) groups excluding carboxylic acids is 2. The molecule has 9 heteroatoms. The molecule has 0 aliphatic carbocycles. The van der Waals surface area contributed by atoms with E-state index in [0.29, 0.717) is 25.3 Å². The number of morpholine rings is 1. The van der Waals surface area contributed by atoms with Crippen molar-refractivity contribution < 1.29 is 22.7 Å². The van der Waals surface area contributed by atoms with E-state index in [4.69, 9.17) is 4.74 Å². The van der Waals surface area contributed by atoms with Gasteiger partial charge >= 0.3 is 0 Å². The number of nitrogens with zero attached hydrogens (tertiary/aromatic N) is 2. The van der Waals surface area contributed by atoms with Gasteiger partial charge in [-0.1, -0.05) is 42.0 Å². The SMILES string of the molecule is CC(=O)c1ccc(S(=O)(=O)N(C)CC(=O)NCC(c2ccc(C)cc2)N2CCOCC2)cc1. The summed E-state index contributed by atoms with van der Waals surface area (Å²) in [5.74, 6) is -0.526. The number of carbonyl (C=O) groups is 2. The van der Waals surface area contributed by atoms with Gasteiger partial charge in [-0.15, -0.1) is 0 Å². The molecule has 1 N–H and O–H groups in total. The summed E-state index contributed by atoms with van der Waals surface area (Å²) in [4.78, 5) is 26.4. The third kappa shape index (κ3) is 6.48. The molecule has 0 spiro atoms. The molecule has 33 heavy (non-hydrogen) atoms. The molecule has 2 aromatic carbocycles. The largest absolute Gasteiger partial charge is 0.379 e. The van der Waals surface area contributed by atoms with Crippen LogP contribution in [0.15, 0.2) is 53.4 Å². The Morgan fingerprint density at radius 1 is 1.06 bits per heavy atom. The number of likely N-dealkylation sites (N-methyl/N-ethyl adjacent to an activating group) is 1. The third-order valence-corrected chi connectivity index (χ3v) is 7.59. The first-order valence-corrected chi connectivity index (χ1v) is 12.3. The summed E-state index contributed by atoms with van der Waals surface area (Å²) in [7, 11) is -2.49. The fourth-order valence-electron chi connectivity index (χ4n) is 3.73. The lowest BCUT2D eigenvalue weighted by atomic mass is 10.0. The van der Waals surface area contributed by atoms with E-state index in [1.807, 2.05) is 19.1 Å². The van der Waals surface area contributed by atoms with Crippen molar-refractivity contribution >= 4 is 21.7 Å². The molecule has 1 atom stereocenters. The maximum atomic E-state index is 12.8. The van der Waals surface area contributed by atoms with E-state index < -0.39 is 10.0 Å². The van der Waals surface area contributed by atoms with Gasteiger partial charge in [0.15, 0.2) is 5.78 Å². The molecule has 0 aromatic heterocycles. The maximum absolute atomic E-state index is 12.8. The second-order valence-corrected chi connectivity index (χ2v) is 10.3. The molecule has 1 fully saturated rings. The Labute approximate surface area is 195 Å². The van der Waals surface area contributed by atoms with Gasteiger partial charge in [0.1, 0.15) is 0 Å². The number of hydrogen-bond donors (Lipinski definition) is 1. The first-order chi connectivity index (χ1) is 15.7. The quantitative estimate of drug-likeness (QED) is 0.560. The number of nitrogens with one attached hydrogen (secondary N) is 1. The topological polar surface area (TPSA) is 96.0 Å². The summed E-state index contributed by atoms with van der Waals surface area (Å²) < 4.78 is 32.1. The molecule has 1 aliphatic heterocycles. The van der Waals surface area contributed by atoms with Crippen LogP contribution < -0.4 is 5.32 Å². The van der Waals surface area contributed by atoms with E-state index in [9.17, 15) is 18.0 Å². The lowest BCUT2D eigenvalue weighted by molar-refractivity contribution is -0.121. The van der Waals surface area contributed by atoms with Gasteiger partial charge in [-0.3, -0.25) is 14.5 Å². The van der Waals surface area contributed by atoms with Crippen molar-refractivity contribution in [2.45, 2.75) is 24.8 Å². The molecule has 0 saturated carbocycles. The molecule has 1 saturated heterocycles. The average Bonchev–Trinajstić information content (AvgIpc) is 2.81. The Morgan fingerprint density at radius 2 is 1.67 bits per heavy atom. The van der Waals surface area contributed by atoms with Gasteiger partial charge in [-0.25, -0.2) is 8.42 Å². The van der Waals surface area contributed by atoms with Gasteiger partial charge in [0.25, 0.3) is 0 Å². The smallest absolute Gasteiger partial charge is 0.243 e. The zero-order chi connectivity index (χ0) is 24.0. The summed E-state index contributed by atoms with van der Waals surface area (Å²) in [5.41, 5.74) is 2.68. The van der Waals surface area contributed by atoms with Gasteiger partial charge in [0, 0.05) is 32.2 Å². The summed E-state index contributed by atoms with van der Waals surface area (Å²) >= 11 is 0. The Morgan fingerprint density at radius 3 is 2.24 bits per heavy atom. The molecular formula is C24H31N3O5S. The summed E-state index contributed by atoms with van der Waals surface area (Å²) in [6, 6.07) is 13.9. The Balaban J connectivity index is 1.64. The highest BCUT2D eigenvalue weighted by Crippen LogP contribution is 2.22. The van der Waals surface area contributed by atoms with Gasteiger partial charge in [0.2, 0.25) is 15.9 Å². The fraction of sp³-hybridized carbons (Fsp3) is 0.417. The standard InChI is InChI=1S/C24H31N3O5S/c1-18-4-6-21(7-5-18)23(27-12-14-32-15-13-27)16-25-24(29)17-26(3)33(30,31)22-10-8-20(9-11-22)19(2)28/h4-11,23H,12-17H2,1-3H3,(H,25,29). The van der Waals surface area contributed by atoms with Crippen LogP contribution in [-0.2, 0) is 19.6 Å². The van der Waals surface area contributed by atoms with Crippen molar-refractivity contribution in [3.63, 3.8) is 0 Å². The second-order valence-electron chi connectivity index (χ2n) is 8.22. The van der Waals surface area contributed by atoms with Crippen LogP contribution in [0.2, 0.25) is 0 Å². The molecule has 1 amide bonds. The van der Waals surface area contributed by atoms with Crippen molar-refractivity contribution in [1.29, 1.82) is 0 Å². The normalized spacial score (nSPS) is 15.9. The van der Waals surface area contributed by atoms with E-state index in [2.05, 4.69) is 22.3 Å². The highest BCUT2D eigenvalue weighted by molar-refractivity contribution is 7.89. The highest BCUT2D eigenvalue weighted by Gasteiger charge is 2.26. The minimum Gasteiger partial charge on any atom is -0.379 e. The number of benzene rings is 2. The molecule has 0 radical (unpaired) electrons. The van der Waals surface area contributed by atoms with Crippen LogP contribution in [-0.4, -0.2) is 75.8 Å². The van der Waals surface area contributed by atoms with Crippen LogP contribution in [0.1, 0.15) is 34.5 Å². The van der Waals surface area contributed by atoms with Crippen LogP contribution in [0.25, 0.3) is 0 Å². The summed E-state index contributed by atoms with van der Waals surface area (Å²) in [6.45, 7) is 6.31. The molecule has 8 nitrogen and oxygen atoms in total. The van der Waals surface area contributed by atoms with Gasteiger partial charge < -0.3 is 10.1 Å². The highest BCUT2D eigenvalue weighted by atomic mass is 32.2. The Kier molecular flexibility index (Phi) is 8.36. The van der Waals surface area contributed by atoms with Crippen molar-refractivity contribution in [3.05, 3.63) is 65.2 Å². The monoisotopic (exact) mass is 473 g/mol. The number of ether oxygens (including phenoxy) is 1. The lowest BCUT2D eigenvalue weighted by Crippen LogP contribution is -2.45. The zero-order valence-corrected chi connectivity index (χ0v) is 20.1. The fourth-order valence-corrected chi connectivity index (χ4v) is 4.86.